The maximum atomic E-state index is 11.3. The van der Waals surface area contributed by atoms with Gasteiger partial charge >= 0.3 is 0 Å². The van der Waals surface area contributed by atoms with Gasteiger partial charge < -0.3 is 14.7 Å². The summed E-state index contributed by atoms with van der Waals surface area (Å²) in [6.07, 6.45) is -0.533. The minimum atomic E-state index is -0.533. The monoisotopic (exact) mass is 278 g/mol. The summed E-state index contributed by atoms with van der Waals surface area (Å²) in [6.45, 7) is 5.27. The molecule has 1 saturated heterocycles. The van der Waals surface area contributed by atoms with Crippen molar-refractivity contribution in [2.75, 3.05) is 39.8 Å². The molecule has 2 rings (SSSR count). The van der Waals surface area contributed by atoms with Gasteiger partial charge in [-0.25, -0.2) is 0 Å². The Balaban J connectivity index is 1.88. The third kappa shape index (κ3) is 3.71. The van der Waals surface area contributed by atoms with E-state index in [-0.39, 0.29) is 5.91 Å². The molecular formula is C15H22N2O3. The molecule has 5 nitrogen and oxygen atoms in total. The summed E-state index contributed by atoms with van der Waals surface area (Å²) >= 11 is 0. The van der Waals surface area contributed by atoms with Crippen LogP contribution < -0.4 is 4.74 Å². The Bertz CT molecular complexity index is 456. The van der Waals surface area contributed by atoms with Crippen molar-refractivity contribution in [3.05, 3.63) is 29.8 Å². The number of β-amino-alcohol motifs (C(OH)–C–C–N with tert-alkyl or cyclic N) is 1. The van der Waals surface area contributed by atoms with Crippen molar-refractivity contribution in [3.8, 4) is 5.75 Å². The Hall–Kier alpha value is -1.59. The summed E-state index contributed by atoms with van der Waals surface area (Å²) in [5.41, 5.74) is 0.860. The third-order valence-electron chi connectivity index (χ3n) is 3.73. The van der Waals surface area contributed by atoms with Crippen molar-refractivity contribution in [1.82, 2.24) is 9.80 Å². The number of methoxy groups -OCH3 is 1. The van der Waals surface area contributed by atoms with Crippen LogP contribution in [0, 0.1) is 0 Å². The van der Waals surface area contributed by atoms with Gasteiger partial charge in [-0.1, -0.05) is 12.1 Å². The molecule has 1 fully saturated rings. The van der Waals surface area contributed by atoms with E-state index in [0.717, 1.165) is 37.5 Å². The van der Waals surface area contributed by atoms with Crippen molar-refractivity contribution in [3.63, 3.8) is 0 Å². The topological polar surface area (TPSA) is 53.0 Å². The lowest BCUT2D eigenvalue weighted by Crippen LogP contribution is -2.48. The van der Waals surface area contributed by atoms with Crippen molar-refractivity contribution < 1.29 is 14.6 Å². The first-order chi connectivity index (χ1) is 9.60. The second-order valence-corrected chi connectivity index (χ2v) is 5.10. The molecule has 0 saturated carbocycles. The number of hydrogen-bond acceptors (Lipinski definition) is 4. The van der Waals surface area contributed by atoms with E-state index in [9.17, 15) is 9.90 Å². The molecule has 1 N–H and O–H groups in total. The number of piperazine rings is 1. The molecule has 0 aliphatic carbocycles. The maximum absolute atomic E-state index is 11.3. The van der Waals surface area contributed by atoms with E-state index in [1.165, 1.54) is 0 Å². The quantitative estimate of drug-likeness (QED) is 0.889. The highest BCUT2D eigenvalue weighted by Gasteiger charge is 2.21. The molecule has 0 spiro atoms. The number of aliphatic hydroxyl groups excluding tert-OH is 1. The lowest BCUT2D eigenvalue weighted by molar-refractivity contribution is -0.130. The van der Waals surface area contributed by atoms with Crippen LogP contribution in [-0.4, -0.2) is 60.6 Å². The van der Waals surface area contributed by atoms with Crippen LogP contribution in [0.2, 0.25) is 0 Å². The van der Waals surface area contributed by atoms with Gasteiger partial charge in [-0.05, 0) is 17.7 Å². The number of carbonyl (C=O) groups is 1. The Morgan fingerprint density at radius 1 is 1.35 bits per heavy atom. The number of carbonyl (C=O) groups excluding carboxylic acids is 1. The normalized spacial score (nSPS) is 17.9. The first-order valence-electron chi connectivity index (χ1n) is 6.90. The first kappa shape index (κ1) is 14.8. The van der Waals surface area contributed by atoms with Gasteiger partial charge in [0, 0.05) is 39.6 Å². The summed E-state index contributed by atoms with van der Waals surface area (Å²) in [5.74, 6) is 0.876. The third-order valence-corrected chi connectivity index (χ3v) is 3.73. The zero-order valence-corrected chi connectivity index (χ0v) is 12.1. The van der Waals surface area contributed by atoms with Gasteiger partial charge in [-0.15, -0.1) is 0 Å². The van der Waals surface area contributed by atoms with Crippen LogP contribution in [0.25, 0.3) is 0 Å². The van der Waals surface area contributed by atoms with E-state index >= 15 is 0 Å². The fraction of sp³-hybridized carbons (Fsp3) is 0.533. The standard InChI is InChI=1S/C15H22N2O3/c1-12(18)17-8-6-16(7-9-17)11-15(19)13-4-3-5-14(10-13)20-2/h3-5,10,15,19H,6-9,11H2,1-2H3. The van der Waals surface area contributed by atoms with Crippen LogP contribution in [0.1, 0.15) is 18.6 Å². The number of benzene rings is 1. The minimum Gasteiger partial charge on any atom is -0.497 e. The van der Waals surface area contributed by atoms with Gasteiger partial charge in [0.1, 0.15) is 5.75 Å². The number of hydrogen-bond donors (Lipinski definition) is 1. The Labute approximate surface area is 119 Å². The van der Waals surface area contributed by atoms with Crippen molar-refractivity contribution in [2.24, 2.45) is 0 Å². The van der Waals surface area contributed by atoms with E-state index in [2.05, 4.69) is 4.90 Å². The molecule has 1 atom stereocenters. The summed E-state index contributed by atoms with van der Waals surface area (Å²) in [5, 5.41) is 10.3. The molecular weight excluding hydrogens is 256 g/mol. The molecule has 20 heavy (non-hydrogen) atoms. The number of nitrogens with zero attached hydrogens (tertiary/aromatic N) is 2. The van der Waals surface area contributed by atoms with Gasteiger partial charge in [0.25, 0.3) is 0 Å². The van der Waals surface area contributed by atoms with Crippen molar-refractivity contribution >= 4 is 5.91 Å². The Kier molecular flexibility index (Phi) is 4.98. The zero-order chi connectivity index (χ0) is 14.5. The van der Waals surface area contributed by atoms with Crippen LogP contribution >= 0.6 is 0 Å². The summed E-state index contributed by atoms with van der Waals surface area (Å²) < 4.78 is 5.17. The lowest BCUT2D eigenvalue weighted by Gasteiger charge is -2.35. The van der Waals surface area contributed by atoms with Crippen LogP contribution in [0.15, 0.2) is 24.3 Å². The second kappa shape index (κ2) is 6.72. The molecule has 1 aliphatic heterocycles. The summed E-state index contributed by atoms with van der Waals surface area (Å²) in [4.78, 5) is 15.3. The highest BCUT2D eigenvalue weighted by Crippen LogP contribution is 2.20. The van der Waals surface area contributed by atoms with Gasteiger partial charge in [0.05, 0.1) is 13.2 Å². The predicted molar refractivity (Wildman–Crippen MR) is 76.6 cm³/mol. The number of ether oxygens (including phenoxy) is 1. The SMILES string of the molecule is COc1cccc(C(O)CN2CCN(C(C)=O)CC2)c1. The summed E-state index contributed by atoms with van der Waals surface area (Å²) in [6, 6.07) is 7.50. The molecule has 1 aliphatic rings. The van der Waals surface area contributed by atoms with E-state index in [0.29, 0.717) is 6.54 Å². The minimum absolute atomic E-state index is 0.123. The second-order valence-electron chi connectivity index (χ2n) is 5.10. The van der Waals surface area contributed by atoms with Crippen molar-refractivity contribution in [2.45, 2.75) is 13.0 Å². The smallest absolute Gasteiger partial charge is 0.219 e. The van der Waals surface area contributed by atoms with E-state index in [1.807, 2.05) is 29.2 Å². The molecule has 5 heteroatoms. The maximum Gasteiger partial charge on any atom is 0.219 e. The van der Waals surface area contributed by atoms with Crippen LogP contribution in [0.3, 0.4) is 0 Å². The van der Waals surface area contributed by atoms with Gasteiger partial charge in [0.2, 0.25) is 5.91 Å². The molecule has 0 radical (unpaired) electrons. The molecule has 0 aromatic heterocycles. The van der Waals surface area contributed by atoms with Crippen molar-refractivity contribution in [1.29, 1.82) is 0 Å². The van der Waals surface area contributed by atoms with Gasteiger partial charge in [-0.3, -0.25) is 9.69 Å². The molecule has 110 valence electrons. The zero-order valence-electron chi connectivity index (χ0n) is 12.1. The largest absolute Gasteiger partial charge is 0.497 e. The lowest BCUT2D eigenvalue weighted by atomic mass is 10.1. The highest BCUT2D eigenvalue weighted by atomic mass is 16.5. The molecule has 1 aromatic rings. The fourth-order valence-electron chi connectivity index (χ4n) is 2.44. The van der Waals surface area contributed by atoms with E-state index in [1.54, 1.807) is 14.0 Å². The van der Waals surface area contributed by atoms with Crippen LogP contribution in [0.5, 0.6) is 5.75 Å². The molecule has 1 heterocycles. The Morgan fingerprint density at radius 3 is 2.65 bits per heavy atom. The average Bonchev–Trinajstić information content (AvgIpc) is 2.47. The Morgan fingerprint density at radius 2 is 2.05 bits per heavy atom. The number of rotatable bonds is 4. The van der Waals surface area contributed by atoms with Crippen LogP contribution in [0.4, 0.5) is 0 Å². The molecule has 1 aromatic carbocycles. The highest BCUT2D eigenvalue weighted by molar-refractivity contribution is 5.73. The number of amides is 1. The number of aliphatic hydroxyl groups is 1. The van der Waals surface area contributed by atoms with Crippen LogP contribution in [-0.2, 0) is 4.79 Å². The average molecular weight is 278 g/mol. The predicted octanol–water partition coefficient (Wildman–Crippen LogP) is 0.893. The van der Waals surface area contributed by atoms with Gasteiger partial charge in [-0.2, -0.15) is 0 Å². The summed E-state index contributed by atoms with van der Waals surface area (Å²) in [7, 11) is 1.62. The molecule has 1 amide bonds. The fourth-order valence-corrected chi connectivity index (χ4v) is 2.44. The molecule has 0 bridgehead atoms. The first-order valence-corrected chi connectivity index (χ1v) is 6.90. The van der Waals surface area contributed by atoms with E-state index in [4.69, 9.17) is 4.74 Å². The van der Waals surface area contributed by atoms with E-state index < -0.39 is 6.10 Å². The van der Waals surface area contributed by atoms with Gasteiger partial charge in [0.15, 0.2) is 0 Å². The molecule has 1 unspecified atom stereocenters.